The molecule has 0 atom stereocenters. The molecule has 1 heteroatoms. The molecular weight excluding hydrogens is 208 g/mol. The second-order valence-electron chi connectivity index (χ2n) is 4.23. The first-order chi connectivity index (χ1) is 8.06. The number of hydrogen-bond donors (Lipinski definition) is 0. The van der Waals surface area contributed by atoms with Gasteiger partial charge < -0.3 is 4.42 Å². The van der Waals surface area contributed by atoms with E-state index in [4.69, 9.17) is 4.42 Å². The molecule has 1 aromatic rings. The maximum absolute atomic E-state index is 5.70. The molecule has 1 nitrogen and oxygen atoms in total. The van der Waals surface area contributed by atoms with Crippen LogP contribution in [0.2, 0.25) is 0 Å². The second kappa shape index (κ2) is 5.53. The van der Waals surface area contributed by atoms with Crippen LogP contribution in [-0.2, 0) is 0 Å². The highest BCUT2D eigenvalue weighted by Crippen LogP contribution is 2.34. The molecule has 0 radical (unpaired) electrons. The normalized spacial score (nSPS) is 11.6. The fraction of sp³-hybridized carbons (Fsp3) is 0.250. The summed E-state index contributed by atoms with van der Waals surface area (Å²) in [6, 6.07) is 0. The Morgan fingerprint density at radius 1 is 1.18 bits per heavy atom. The van der Waals surface area contributed by atoms with E-state index in [0.29, 0.717) is 5.92 Å². The van der Waals surface area contributed by atoms with E-state index in [1.54, 1.807) is 12.2 Å². The maximum atomic E-state index is 5.70. The zero-order chi connectivity index (χ0) is 13.0. The first-order valence-corrected chi connectivity index (χ1v) is 5.78. The third-order valence-electron chi connectivity index (χ3n) is 2.76. The Morgan fingerprint density at radius 3 is 2.24 bits per heavy atom. The van der Waals surface area contributed by atoms with Gasteiger partial charge in [0.15, 0.2) is 0 Å². The van der Waals surface area contributed by atoms with Crippen molar-refractivity contribution in [2.24, 2.45) is 5.92 Å². The summed E-state index contributed by atoms with van der Waals surface area (Å²) in [7, 11) is 0. The van der Waals surface area contributed by atoms with E-state index >= 15 is 0 Å². The van der Waals surface area contributed by atoms with Crippen molar-refractivity contribution in [3.05, 3.63) is 54.5 Å². The molecule has 0 saturated carbocycles. The molecule has 0 aromatic carbocycles. The molecule has 90 valence electrons. The number of rotatable bonds is 5. The molecule has 0 saturated heterocycles. The molecule has 17 heavy (non-hydrogen) atoms. The van der Waals surface area contributed by atoms with Gasteiger partial charge in [-0.05, 0) is 24.5 Å². The van der Waals surface area contributed by atoms with E-state index in [2.05, 4.69) is 33.6 Å². The van der Waals surface area contributed by atoms with E-state index in [-0.39, 0.29) is 0 Å². The van der Waals surface area contributed by atoms with Crippen molar-refractivity contribution in [1.29, 1.82) is 0 Å². The van der Waals surface area contributed by atoms with Gasteiger partial charge in [-0.15, -0.1) is 0 Å². The molecular formula is C16H20O. The predicted octanol–water partition coefficient (Wildman–Crippen LogP) is 5.10. The van der Waals surface area contributed by atoms with Gasteiger partial charge in [-0.25, -0.2) is 0 Å². The highest BCUT2D eigenvalue weighted by atomic mass is 16.3. The summed E-state index contributed by atoms with van der Waals surface area (Å²) < 4.78 is 5.70. The highest BCUT2D eigenvalue weighted by Gasteiger charge is 2.18. The summed E-state index contributed by atoms with van der Waals surface area (Å²) in [5.41, 5.74) is 3.32. The molecule has 0 amide bonds. The quantitative estimate of drug-likeness (QED) is 0.639. The van der Waals surface area contributed by atoms with Gasteiger partial charge in [0.2, 0.25) is 0 Å². The van der Waals surface area contributed by atoms with Gasteiger partial charge in [0.05, 0.1) is 0 Å². The van der Waals surface area contributed by atoms with Crippen LogP contribution in [0, 0.1) is 12.8 Å². The lowest BCUT2D eigenvalue weighted by Crippen LogP contribution is -1.96. The van der Waals surface area contributed by atoms with E-state index < -0.39 is 0 Å². The smallest absolute Gasteiger partial charge is 0.134 e. The minimum atomic E-state index is 0.391. The molecule has 1 heterocycles. The number of aryl methyl sites for hydroxylation is 1. The molecule has 0 aliphatic heterocycles. The van der Waals surface area contributed by atoms with Crippen molar-refractivity contribution < 1.29 is 4.42 Å². The van der Waals surface area contributed by atoms with Gasteiger partial charge in [0.25, 0.3) is 0 Å². The molecule has 0 spiro atoms. The third kappa shape index (κ3) is 2.50. The van der Waals surface area contributed by atoms with Crippen molar-refractivity contribution in [3.8, 4) is 0 Å². The van der Waals surface area contributed by atoms with Crippen LogP contribution < -0.4 is 0 Å². The van der Waals surface area contributed by atoms with Crippen LogP contribution in [0.25, 0.3) is 17.7 Å². The molecule has 0 N–H and O–H groups in total. The lowest BCUT2D eigenvalue weighted by atomic mass is 9.91. The summed E-state index contributed by atoms with van der Waals surface area (Å²) in [6.07, 6.45) is 7.40. The van der Waals surface area contributed by atoms with Gasteiger partial charge in [-0.2, -0.15) is 0 Å². The van der Waals surface area contributed by atoms with Crippen LogP contribution in [0.4, 0.5) is 0 Å². The van der Waals surface area contributed by atoms with E-state index in [1.165, 1.54) is 5.57 Å². The fourth-order valence-corrected chi connectivity index (χ4v) is 1.96. The summed E-state index contributed by atoms with van der Waals surface area (Å²) in [5.74, 6) is 2.07. The van der Waals surface area contributed by atoms with Crippen LogP contribution in [-0.4, -0.2) is 0 Å². The number of allylic oxidation sites excluding steroid dienone is 3. The molecule has 0 bridgehead atoms. The molecule has 0 aliphatic carbocycles. The van der Waals surface area contributed by atoms with Crippen LogP contribution in [0.15, 0.2) is 36.3 Å². The van der Waals surface area contributed by atoms with Crippen molar-refractivity contribution in [1.82, 2.24) is 0 Å². The van der Waals surface area contributed by atoms with Gasteiger partial charge >= 0.3 is 0 Å². The Balaban J connectivity index is 3.55. The minimum Gasteiger partial charge on any atom is -0.461 e. The summed E-state index contributed by atoms with van der Waals surface area (Å²) in [4.78, 5) is 0. The van der Waals surface area contributed by atoms with Crippen LogP contribution >= 0.6 is 0 Å². The topological polar surface area (TPSA) is 13.1 Å². The standard InChI is InChI=1S/C16H20O/c1-7-10-14(11(4)5)16-13(8-2)12(6)17-15(16)9-3/h7-11H,1-3H2,4-6H3/b14-10-. The summed E-state index contributed by atoms with van der Waals surface area (Å²) in [6.45, 7) is 17.7. The zero-order valence-electron chi connectivity index (χ0n) is 10.9. The first kappa shape index (κ1) is 13.3. The average Bonchev–Trinajstić information content (AvgIpc) is 2.61. The maximum Gasteiger partial charge on any atom is 0.134 e. The summed E-state index contributed by atoms with van der Waals surface area (Å²) in [5, 5.41) is 0. The van der Waals surface area contributed by atoms with Gasteiger partial charge in [-0.1, -0.05) is 51.8 Å². The Morgan fingerprint density at radius 2 is 1.82 bits per heavy atom. The Bertz CT molecular complexity index is 470. The van der Waals surface area contributed by atoms with Crippen LogP contribution in [0.3, 0.4) is 0 Å². The lowest BCUT2D eigenvalue weighted by molar-refractivity contribution is 0.523. The Kier molecular flexibility index (Phi) is 4.33. The Labute approximate surface area is 104 Å². The first-order valence-electron chi connectivity index (χ1n) is 5.78. The zero-order valence-corrected chi connectivity index (χ0v) is 10.9. The van der Waals surface area contributed by atoms with Gasteiger partial charge in [0.1, 0.15) is 11.5 Å². The highest BCUT2D eigenvalue weighted by molar-refractivity contribution is 5.81. The molecule has 0 unspecified atom stereocenters. The number of hydrogen-bond acceptors (Lipinski definition) is 1. The molecule has 0 aliphatic rings. The van der Waals surface area contributed by atoms with E-state index in [1.807, 2.05) is 19.1 Å². The van der Waals surface area contributed by atoms with Crippen molar-refractivity contribution in [2.75, 3.05) is 0 Å². The Hall–Kier alpha value is -1.76. The second-order valence-corrected chi connectivity index (χ2v) is 4.23. The van der Waals surface area contributed by atoms with Crippen LogP contribution in [0.1, 0.15) is 36.5 Å². The minimum absolute atomic E-state index is 0.391. The van der Waals surface area contributed by atoms with Gasteiger partial charge in [0, 0.05) is 11.1 Å². The number of furan rings is 1. The fourth-order valence-electron chi connectivity index (χ4n) is 1.96. The average molecular weight is 228 g/mol. The van der Waals surface area contributed by atoms with Crippen molar-refractivity contribution in [2.45, 2.75) is 20.8 Å². The predicted molar refractivity (Wildman–Crippen MR) is 76.6 cm³/mol. The lowest BCUT2D eigenvalue weighted by Gasteiger charge is -2.11. The summed E-state index contributed by atoms with van der Waals surface area (Å²) >= 11 is 0. The molecule has 0 fully saturated rings. The van der Waals surface area contributed by atoms with Crippen LogP contribution in [0.5, 0.6) is 0 Å². The third-order valence-corrected chi connectivity index (χ3v) is 2.76. The monoisotopic (exact) mass is 228 g/mol. The van der Waals surface area contributed by atoms with Gasteiger partial charge in [-0.3, -0.25) is 0 Å². The largest absolute Gasteiger partial charge is 0.461 e. The molecule has 1 aromatic heterocycles. The van der Waals surface area contributed by atoms with E-state index in [0.717, 1.165) is 22.6 Å². The van der Waals surface area contributed by atoms with Crippen molar-refractivity contribution in [3.63, 3.8) is 0 Å². The SMILES string of the molecule is C=C/C=C(\c1c(C=C)oc(C)c1C=C)C(C)C. The van der Waals surface area contributed by atoms with E-state index in [9.17, 15) is 0 Å². The van der Waals surface area contributed by atoms with Crippen molar-refractivity contribution >= 4 is 17.7 Å². The molecule has 1 rings (SSSR count).